The summed E-state index contributed by atoms with van der Waals surface area (Å²) in [7, 11) is -2.12. The van der Waals surface area contributed by atoms with Gasteiger partial charge in [0.05, 0.1) is 12.2 Å². The number of aromatic nitrogens is 2. The highest BCUT2D eigenvalue weighted by molar-refractivity contribution is 7.89. The smallest absolute Gasteiger partial charge is 0.262 e. The van der Waals surface area contributed by atoms with Crippen LogP contribution in [0.15, 0.2) is 41.8 Å². The van der Waals surface area contributed by atoms with Crippen molar-refractivity contribution in [3.63, 3.8) is 0 Å². The highest BCUT2D eigenvalue weighted by atomic mass is 32.2. The van der Waals surface area contributed by atoms with Crippen molar-refractivity contribution in [1.82, 2.24) is 19.2 Å². The van der Waals surface area contributed by atoms with Gasteiger partial charge in [0, 0.05) is 38.8 Å². The maximum atomic E-state index is 13.4. The van der Waals surface area contributed by atoms with Crippen LogP contribution >= 0.6 is 0 Å². The van der Waals surface area contributed by atoms with Crippen LogP contribution in [0, 0.1) is 11.7 Å². The molecule has 0 radical (unpaired) electrons. The molecule has 0 aliphatic carbocycles. The topological polar surface area (TPSA) is 84.3 Å². The van der Waals surface area contributed by atoms with Gasteiger partial charge in [-0.3, -0.25) is 4.79 Å². The minimum atomic E-state index is -3.82. The lowest BCUT2D eigenvalue weighted by Crippen LogP contribution is -2.36. The molecule has 3 rings (SSSR count). The SMILES string of the molecule is CCCCCCNC(=O)C1CN(S(=O)(=O)c2cn(C)cn2)CC1c1ccc(F)cc1. The monoisotopic (exact) mass is 436 g/mol. The maximum absolute atomic E-state index is 13.4. The Kier molecular flexibility index (Phi) is 7.25. The molecular formula is C21H29FN4O3S. The number of benzene rings is 1. The maximum Gasteiger partial charge on any atom is 0.262 e. The fraction of sp³-hybridized carbons (Fsp3) is 0.524. The first kappa shape index (κ1) is 22.4. The van der Waals surface area contributed by atoms with Gasteiger partial charge in [0.2, 0.25) is 5.91 Å². The number of hydrogen-bond acceptors (Lipinski definition) is 4. The predicted octanol–water partition coefficient (Wildman–Crippen LogP) is 2.66. The van der Waals surface area contributed by atoms with Gasteiger partial charge in [-0.15, -0.1) is 0 Å². The molecule has 164 valence electrons. The lowest BCUT2D eigenvalue weighted by molar-refractivity contribution is -0.124. The van der Waals surface area contributed by atoms with Gasteiger partial charge in [0.15, 0.2) is 5.03 Å². The Morgan fingerprint density at radius 1 is 1.20 bits per heavy atom. The van der Waals surface area contributed by atoms with Crippen molar-refractivity contribution in [3.05, 3.63) is 48.2 Å². The zero-order valence-corrected chi connectivity index (χ0v) is 18.2. The van der Waals surface area contributed by atoms with Crippen LogP contribution in [-0.2, 0) is 21.9 Å². The largest absolute Gasteiger partial charge is 0.356 e. The summed E-state index contributed by atoms with van der Waals surface area (Å²) >= 11 is 0. The van der Waals surface area contributed by atoms with Crippen molar-refractivity contribution in [3.8, 4) is 0 Å². The number of sulfonamides is 1. The lowest BCUT2D eigenvalue weighted by Gasteiger charge is -2.18. The van der Waals surface area contributed by atoms with E-state index in [0.717, 1.165) is 31.2 Å². The summed E-state index contributed by atoms with van der Waals surface area (Å²) in [6, 6.07) is 5.92. The number of carbonyl (C=O) groups is 1. The van der Waals surface area contributed by atoms with Crippen molar-refractivity contribution in [2.75, 3.05) is 19.6 Å². The molecule has 2 atom stereocenters. The molecule has 0 spiro atoms. The number of halogens is 1. The van der Waals surface area contributed by atoms with Crippen molar-refractivity contribution in [2.24, 2.45) is 13.0 Å². The quantitative estimate of drug-likeness (QED) is 0.613. The number of imidazole rings is 1. The summed E-state index contributed by atoms with van der Waals surface area (Å²) in [5, 5.41) is 2.92. The first-order valence-corrected chi connectivity index (χ1v) is 11.8. The Balaban J connectivity index is 1.79. The number of nitrogens with one attached hydrogen (secondary N) is 1. The van der Waals surface area contributed by atoms with E-state index >= 15 is 0 Å². The standard InChI is InChI=1S/C21H29FN4O3S/c1-3-4-5-6-11-23-21(27)19-13-26(30(28,29)20-14-25(2)15-24-20)12-18(19)16-7-9-17(22)10-8-16/h7-10,14-15,18-19H,3-6,11-13H2,1-2H3,(H,23,27). The van der Waals surface area contributed by atoms with Gasteiger partial charge in [-0.1, -0.05) is 38.3 Å². The third-order valence-electron chi connectivity index (χ3n) is 5.54. The number of nitrogens with zero attached hydrogens (tertiary/aromatic N) is 3. The van der Waals surface area contributed by atoms with Gasteiger partial charge in [0.25, 0.3) is 10.0 Å². The lowest BCUT2D eigenvalue weighted by atomic mass is 9.88. The molecule has 1 aromatic heterocycles. The molecule has 1 aliphatic heterocycles. The molecule has 1 fully saturated rings. The van der Waals surface area contributed by atoms with Crippen molar-refractivity contribution in [1.29, 1.82) is 0 Å². The molecule has 7 nitrogen and oxygen atoms in total. The fourth-order valence-corrected chi connectivity index (χ4v) is 5.28. The summed E-state index contributed by atoms with van der Waals surface area (Å²) in [4.78, 5) is 16.9. The fourth-order valence-electron chi connectivity index (χ4n) is 3.83. The summed E-state index contributed by atoms with van der Waals surface area (Å²) < 4.78 is 42.3. The Bertz CT molecular complexity index is 959. The number of carbonyl (C=O) groups excluding carboxylic acids is 1. The second-order valence-electron chi connectivity index (χ2n) is 7.82. The highest BCUT2D eigenvalue weighted by Gasteiger charge is 2.44. The van der Waals surface area contributed by atoms with Crippen LogP contribution in [0.3, 0.4) is 0 Å². The zero-order chi connectivity index (χ0) is 21.7. The van der Waals surface area contributed by atoms with Crippen LogP contribution < -0.4 is 5.32 Å². The number of amides is 1. The van der Waals surface area contributed by atoms with Gasteiger partial charge < -0.3 is 9.88 Å². The van der Waals surface area contributed by atoms with Crippen LogP contribution in [0.25, 0.3) is 0 Å². The van der Waals surface area contributed by atoms with Crippen LogP contribution in [-0.4, -0.2) is 47.8 Å². The third kappa shape index (κ3) is 5.07. The first-order chi connectivity index (χ1) is 14.3. The Labute approximate surface area is 177 Å². The van der Waals surface area contributed by atoms with Crippen LogP contribution in [0.2, 0.25) is 0 Å². The van der Waals surface area contributed by atoms with E-state index in [1.165, 1.54) is 29.0 Å². The van der Waals surface area contributed by atoms with E-state index in [0.29, 0.717) is 6.54 Å². The van der Waals surface area contributed by atoms with Gasteiger partial charge in [0.1, 0.15) is 5.82 Å². The van der Waals surface area contributed by atoms with Gasteiger partial charge >= 0.3 is 0 Å². The minimum Gasteiger partial charge on any atom is -0.356 e. The second kappa shape index (κ2) is 9.70. The number of hydrogen-bond donors (Lipinski definition) is 1. The molecule has 1 saturated heterocycles. The van der Waals surface area contributed by atoms with E-state index in [4.69, 9.17) is 0 Å². The zero-order valence-electron chi connectivity index (χ0n) is 17.4. The van der Waals surface area contributed by atoms with Gasteiger partial charge in [-0.2, -0.15) is 4.31 Å². The molecule has 2 aromatic rings. The number of unbranched alkanes of at least 4 members (excludes halogenated alkanes) is 3. The molecule has 1 aromatic carbocycles. The molecular weight excluding hydrogens is 407 g/mol. The summed E-state index contributed by atoms with van der Waals surface area (Å²) in [6.07, 6.45) is 7.05. The van der Waals surface area contributed by atoms with Crippen molar-refractivity contribution < 1.29 is 17.6 Å². The molecule has 0 saturated carbocycles. The van der Waals surface area contributed by atoms with Crippen molar-refractivity contribution in [2.45, 2.75) is 43.6 Å². The van der Waals surface area contributed by atoms with Crippen LogP contribution in [0.4, 0.5) is 4.39 Å². The molecule has 1 N–H and O–H groups in total. The Morgan fingerprint density at radius 2 is 1.93 bits per heavy atom. The first-order valence-electron chi connectivity index (χ1n) is 10.3. The predicted molar refractivity (Wildman–Crippen MR) is 112 cm³/mol. The number of rotatable bonds is 9. The minimum absolute atomic E-state index is 0.0384. The Hall–Kier alpha value is -2.26. The summed E-state index contributed by atoms with van der Waals surface area (Å²) in [5.41, 5.74) is 0.751. The van der Waals surface area contributed by atoms with E-state index in [1.807, 2.05) is 0 Å². The van der Waals surface area contributed by atoms with E-state index in [9.17, 15) is 17.6 Å². The molecule has 2 unspecified atom stereocenters. The second-order valence-corrected chi connectivity index (χ2v) is 9.70. The normalized spacial score (nSPS) is 19.8. The molecule has 0 bridgehead atoms. The molecule has 30 heavy (non-hydrogen) atoms. The van der Waals surface area contributed by atoms with E-state index < -0.39 is 15.9 Å². The van der Waals surface area contributed by atoms with E-state index in [-0.39, 0.29) is 35.8 Å². The average molecular weight is 437 g/mol. The van der Waals surface area contributed by atoms with Gasteiger partial charge in [-0.25, -0.2) is 17.8 Å². The van der Waals surface area contributed by atoms with Gasteiger partial charge in [-0.05, 0) is 24.1 Å². The molecule has 1 amide bonds. The van der Waals surface area contributed by atoms with E-state index in [2.05, 4.69) is 17.2 Å². The van der Waals surface area contributed by atoms with Crippen molar-refractivity contribution >= 4 is 15.9 Å². The number of aryl methyl sites for hydroxylation is 1. The van der Waals surface area contributed by atoms with Crippen LogP contribution in [0.1, 0.15) is 44.1 Å². The molecule has 2 heterocycles. The molecule has 1 aliphatic rings. The summed E-state index contributed by atoms with van der Waals surface area (Å²) in [5.74, 6) is -1.42. The summed E-state index contributed by atoms with van der Waals surface area (Å²) in [6.45, 7) is 2.92. The van der Waals surface area contributed by atoms with Crippen LogP contribution in [0.5, 0.6) is 0 Å². The molecule has 9 heteroatoms. The Morgan fingerprint density at radius 3 is 2.57 bits per heavy atom. The third-order valence-corrected chi connectivity index (χ3v) is 7.25. The van der Waals surface area contributed by atoms with E-state index in [1.54, 1.807) is 23.7 Å². The average Bonchev–Trinajstić information content (AvgIpc) is 3.36. The highest BCUT2D eigenvalue weighted by Crippen LogP contribution is 2.35.